The number of benzene rings is 1. The predicted octanol–water partition coefficient (Wildman–Crippen LogP) is 5.32. The predicted molar refractivity (Wildman–Crippen MR) is 132 cm³/mol. The van der Waals surface area contributed by atoms with E-state index >= 15 is 0 Å². The number of rotatable bonds is 7. The third-order valence-electron chi connectivity index (χ3n) is 8.21. The molecule has 2 aromatic rings. The first kappa shape index (κ1) is 22.9. The van der Waals surface area contributed by atoms with Gasteiger partial charge in [-0.25, -0.2) is 0 Å². The highest BCUT2D eigenvalue weighted by Gasteiger charge is 2.43. The molecule has 0 spiro atoms. The average Bonchev–Trinajstić information content (AvgIpc) is 3.47. The molecule has 2 aliphatic heterocycles. The van der Waals surface area contributed by atoms with E-state index in [1.807, 2.05) is 0 Å². The van der Waals surface area contributed by atoms with Crippen molar-refractivity contribution in [3.63, 3.8) is 0 Å². The number of nitrogens with zero attached hydrogens (tertiary/aromatic N) is 2. The Morgan fingerprint density at radius 3 is 2.85 bits per heavy atom. The number of carbonyl (C=O) groups is 1. The van der Waals surface area contributed by atoms with Gasteiger partial charge in [0.2, 0.25) is 0 Å². The Hall–Kier alpha value is -1.85. The molecule has 2 saturated heterocycles. The standard InChI is InChI=1S/C28H40N2O3/c1-5-11-29-15-21(28(31)33-17-19(4)26-10-7-12-32-26)13-23-22-8-6-9-24-27(22)20(14-25(23)29)16-30(24)18(2)3/h6,8-9,16,18-19,21,23,25-26H,5,7,10-15,17H2,1-4H3/t19?,21?,23-,25-,26?/m1/s1. The number of carbonyl (C=O) groups excluding carboxylic acids is 1. The van der Waals surface area contributed by atoms with Crippen molar-refractivity contribution in [2.24, 2.45) is 11.8 Å². The number of ether oxygens (including phenoxy) is 2. The molecule has 5 atom stereocenters. The lowest BCUT2D eigenvalue weighted by Crippen LogP contribution is -2.52. The molecule has 3 heterocycles. The van der Waals surface area contributed by atoms with Crippen LogP contribution in [-0.2, 0) is 20.7 Å². The van der Waals surface area contributed by atoms with E-state index in [-0.39, 0.29) is 23.9 Å². The zero-order valence-corrected chi connectivity index (χ0v) is 20.8. The minimum absolute atomic E-state index is 0.0166. The molecule has 0 saturated carbocycles. The molecule has 3 aliphatic rings. The summed E-state index contributed by atoms with van der Waals surface area (Å²) in [6.07, 6.45) is 7.89. The molecule has 5 heteroatoms. The van der Waals surface area contributed by atoms with Crippen molar-refractivity contribution >= 4 is 16.9 Å². The Morgan fingerprint density at radius 2 is 2.12 bits per heavy atom. The van der Waals surface area contributed by atoms with E-state index in [4.69, 9.17) is 9.47 Å². The van der Waals surface area contributed by atoms with E-state index < -0.39 is 0 Å². The van der Waals surface area contributed by atoms with E-state index in [2.05, 4.69) is 61.6 Å². The van der Waals surface area contributed by atoms with Crippen molar-refractivity contribution < 1.29 is 14.3 Å². The van der Waals surface area contributed by atoms with Gasteiger partial charge in [-0.1, -0.05) is 26.0 Å². The monoisotopic (exact) mass is 452 g/mol. The van der Waals surface area contributed by atoms with Crippen LogP contribution in [0.5, 0.6) is 0 Å². The van der Waals surface area contributed by atoms with Crippen molar-refractivity contribution in [1.29, 1.82) is 0 Å². The molecular weight excluding hydrogens is 412 g/mol. The highest BCUT2D eigenvalue weighted by molar-refractivity contribution is 5.89. The van der Waals surface area contributed by atoms with Crippen LogP contribution < -0.4 is 0 Å². The Kier molecular flexibility index (Phi) is 6.54. The zero-order valence-electron chi connectivity index (χ0n) is 20.8. The second kappa shape index (κ2) is 9.42. The Bertz CT molecular complexity index is 990. The normalized spacial score (nSPS) is 28.3. The fraction of sp³-hybridized carbons (Fsp3) is 0.679. The third kappa shape index (κ3) is 4.23. The van der Waals surface area contributed by atoms with Crippen LogP contribution >= 0.6 is 0 Å². The van der Waals surface area contributed by atoms with Crippen molar-refractivity contribution in [2.75, 3.05) is 26.3 Å². The maximum Gasteiger partial charge on any atom is 0.310 e. The highest BCUT2D eigenvalue weighted by Crippen LogP contribution is 2.46. The molecule has 33 heavy (non-hydrogen) atoms. The zero-order chi connectivity index (χ0) is 23.1. The summed E-state index contributed by atoms with van der Waals surface area (Å²) in [6.45, 7) is 12.1. The van der Waals surface area contributed by atoms with Crippen LogP contribution in [0.15, 0.2) is 24.4 Å². The lowest BCUT2D eigenvalue weighted by molar-refractivity contribution is -0.154. The van der Waals surface area contributed by atoms with Crippen LogP contribution in [0.2, 0.25) is 0 Å². The van der Waals surface area contributed by atoms with Gasteiger partial charge in [0.25, 0.3) is 0 Å². The molecule has 5 rings (SSSR count). The minimum atomic E-state index is -0.0570. The van der Waals surface area contributed by atoms with Crippen LogP contribution in [0, 0.1) is 11.8 Å². The van der Waals surface area contributed by atoms with Gasteiger partial charge in [-0.05, 0) is 69.7 Å². The summed E-state index contributed by atoms with van der Waals surface area (Å²) in [5.74, 6) is 0.578. The van der Waals surface area contributed by atoms with Crippen LogP contribution in [0.4, 0.5) is 0 Å². The SMILES string of the molecule is CCCN1CC(C(=O)OCC(C)C2CCCO2)C[C@@H]2c3cccc4c3c(cn4C(C)C)C[C@H]21. The molecule has 2 fully saturated rings. The molecule has 0 radical (unpaired) electrons. The van der Waals surface area contributed by atoms with E-state index in [0.717, 1.165) is 51.8 Å². The summed E-state index contributed by atoms with van der Waals surface area (Å²) in [7, 11) is 0. The van der Waals surface area contributed by atoms with Gasteiger partial charge in [-0.3, -0.25) is 9.69 Å². The number of hydrogen-bond donors (Lipinski definition) is 0. The van der Waals surface area contributed by atoms with E-state index in [1.165, 1.54) is 22.0 Å². The smallest absolute Gasteiger partial charge is 0.310 e. The molecule has 0 bridgehead atoms. The van der Waals surface area contributed by atoms with Crippen LogP contribution in [0.25, 0.3) is 10.9 Å². The number of likely N-dealkylation sites (tertiary alicyclic amines) is 1. The van der Waals surface area contributed by atoms with Crippen molar-refractivity contribution in [3.05, 3.63) is 35.5 Å². The largest absolute Gasteiger partial charge is 0.465 e. The molecule has 180 valence electrons. The molecule has 1 aromatic heterocycles. The summed E-state index contributed by atoms with van der Waals surface area (Å²) in [4.78, 5) is 15.8. The van der Waals surface area contributed by atoms with Gasteiger partial charge in [-0.15, -0.1) is 0 Å². The van der Waals surface area contributed by atoms with E-state index in [9.17, 15) is 4.79 Å². The molecule has 1 aliphatic carbocycles. The van der Waals surface area contributed by atoms with Crippen molar-refractivity contribution in [2.45, 2.75) is 83.9 Å². The van der Waals surface area contributed by atoms with Gasteiger partial charge in [0.15, 0.2) is 0 Å². The summed E-state index contributed by atoms with van der Waals surface area (Å²) in [5, 5.41) is 1.44. The first-order chi connectivity index (χ1) is 16.0. The van der Waals surface area contributed by atoms with Gasteiger partial charge in [-0.2, -0.15) is 0 Å². The molecule has 0 amide bonds. The van der Waals surface area contributed by atoms with Crippen LogP contribution in [0.1, 0.15) is 76.5 Å². The molecule has 5 nitrogen and oxygen atoms in total. The first-order valence-electron chi connectivity index (χ1n) is 13.1. The number of aromatic nitrogens is 1. The Labute approximate surface area is 198 Å². The number of fused-ring (bicyclic) bond motifs is 2. The van der Waals surface area contributed by atoms with Crippen molar-refractivity contribution in [3.8, 4) is 0 Å². The lowest BCUT2D eigenvalue weighted by atomic mass is 9.72. The molecule has 1 aromatic carbocycles. The van der Waals surface area contributed by atoms with Gasteiger partial charge < -0.3 is 14.0 Å². The third-order valence-corrected chi connectivity index (χ3v) is 8.21. The fourth-order valence-electron chi connectivity index (χ4n) is 6.56. The summed E-state index contributed by atoms with van der Waals surface area (Å²) >= 11 is 0. The van der Waals surface area contributed by atoms with Gasteiger partial charge in [0.1, 0.15) is 0 Å². The summed E-state index contributed by atoms with van der Waals surface area (Å²) in [6, 6.07) is 7.69. The topological polar surface area (TPSA) is 43.7 Å². The summed E-state index contributed by atoms with van der Waals surface area (Å²) < 4.78 is 14.1. The quantitative estimate of drug-likeness (QED) is 0.533. The maximum atomic E-state index is 13.2. The molecule has 3 unspecified atom stereocenters. The summed E-state index contributed by atoms with van der Waals surface area (Å²) in [5.41, 5.74) is 4.25. The minimum Gasteiger partial charge on any atom is -0.465 e. The van der Waals surface area contributed by atoms with E-state index in [1.54, 1.807) is 0 Å². The maximum absolute atomic E-state index is 13.2. The van der Waals surface area contributed by atoms with Crippen LogP contribution in [-0.4, -0.2) is 53.9 Å². The second-order valence-electron chi connectivity index (χ2n) is 10.9. The van der Waals surface area contributed by atoms with Gasteiger partial charge >= 0.3 is 5.97 Å². The first-order valence-corrected chi connectivity index (χ1v) is 13.1. The highest BCUT2D eigenvalue weighted by atomic mass is 16.5. The Morgan fingerprint density at radius 1 is 1.27 bits per heavy atom. The second-order valence-corrected chi connectivity index (χ2v) is 10.9. The van der Waals surface area contributed by atoms with E-state index in [0.29, 0.717) is 24.6 Å². The lowest BCUT2D eigenvalue weighted by Gasteiger charge is -2.46. The average molecular weight is 453 g/mol. The number of piperidine rings is 1. The van der Waals surface area contributed by atoms with Crippen LogP contribution in [0.3, 0.4) is 0 Å². The number of esters is 1. The molecule has 0 N–H and O–H groups in total. The molecular formula is C28H40N2O3. The van der Waals surface area contributed by atoms with Crippen molar-refractivity contribution in [1.82, 2.24) is 9.47 Å². The number of hydrogen-bond acceptors (Lipinski definition) is 4. The van der Waals surface area contributed by atoms with Gasteiger partial charge in [0.05, 0.1) is 18.6 Å². The fourth-order valence-corrected chi connectivity index (χ4v) is 6.56. The Balaban J connectivity index is 1.38. The van der Waals surface area contributed by atoms with Gasteiger partial charge in [0, 0.05) is 54.2 Å².